The summed E-state index contributed by atoms with van der Waals surface area (Å²) < 4.78 is 1.99. The molecule has 4 heteroatoms. The normalized spacial score (nSPS) is 11.3. The van der Waals surface area contributed by atoms with Crippen LogP contribution in [-0.2, 0) is 13.0 Å². The fourth-order valence-electron chi connectivity index (χ4n) is 2.39. The molecule has 2 rings (SSSR count). The largest absolute Gasteiger partial charge is 0.312 e. The van der Waals surface area contributed by atoms with Crippen molar-refractivity contribution in [2.45, 2.75) is 47.1 Å². The van der Waals surface area contributed by atoms with Crippen LogP contribution >= 0.6 is 0 Å². The molecule has 0 unspecified atom stereocenters. The second-order valence-corrected chi connectivity index (χ2v) is 5.99. The second-order valence-electron chi connectivity index (χ2n) is 5.99. The molecule has 2 heterocycles. The molecule has 0 saturated heterocycles. The molecule has 0 atom stereocenters. The van der Waals surface area contributed by atoms with Crippen molar-refractivity contribution in [2.24, 2.45) is 5.92 Å². The molecule has 0 aliphatic carbocycles. The van der Waals surface area contributed by atoms with Gasteiger partial charge >= 0.3 is 0 Å². The first-order valence-corrected chi connectivity index (χ1v) is 7.81. The van der Waals surface area contributed by atoms with E-state index in [4.69, 9.17) is 0 Å². The third-order valence-corrected chi connectivity index (χ3v) is 3.43. The first-order valence-electron chi connectivity index (χ1n) is 7.81. The Balaban J connectivity index is 2.23. The summed E-state index contributed by atoms with van der Waals surface area (Å²) in [5.74, 6) is 1.57. The number of aromatic nitrogens is 3. The molecule has 0 saturated carbocycles. The molecule has 0 fully saturated rings. The number of aryl methyl sites for hydroxylation is 1. The maximum Gasteiger partial charge on any atom is 0.153 e. The lowest BCUT2D eigenvalue weighted by Gasteiger charge is -2.10. The third-order valence-electron chi connectivity index (χ3n) is 3.43. The number of hydrogen-bond acceptors (Lipinski definition) is 3. The fourth-order valence-corrected chi connectivity index (χ4v) is 2.39. The Labute approximate surface area is 127 Å². The van der Waals surface area contributed by atoms with Gasteiger partial charge in [0.1, 0.15) is 0 Å². The number of rotatable bonds is 7. The van der Waals surface area contributed by atoms with Gasteiger partial charge in [-0.3, -0.25) is 0 Å². The quantitative estimate of drug-likeness (QED) is 0.849. The lowest BCUT2D eigenvalue weighted by Crippen LogP contribution is -2.19. The summed E-state index contributed by atoms with van der Waals surface area (Å²) in [7, 11) is 0. The van der Waals surface area contributed by atoms with Crippen molar-refractivity contribution in [2.75, 3.05) is 6.54 Å². The summed E-state index contributed by atoms with van der Waals surface area (Å²) >= 11 is 0. The molecule has 2 aromatic rings. The molecule has 21 heavy (non-hydrogen) atoms. The standard InChI is InChI=1S/C17H26N4/c1-5-6-16-15(11-18-10-13(2)3)12-20-21(16)17-9-14(4)7-8-19-17/h7-9,12-13,18H,5-6,10-11H2,1-4H3. The van der Waals surface area contributed by atoms with Gasteiger partial charge in [0, 0.05) is 18.3 Å². The first kappa shape index (κ1) is 15.7. The molecule has 4 nitrogen and oxygen atoms in total. The number of pyridine rings is 1. The van der Waals surface area contributed by atoms with E-state index >= 15 is 0 Å². The van der Waals surface area contributed by atoms with E-state index < -0.39 is 0 Å². The van der Waals surface area contributed by atoms with Gasteiger partial charge < -0.3 is 5.32 Å². The minimum Gasteiger partial charge on any atom is -0.312 e. The highest BCUT2D eigenvalue weighted by Crippen LogP contribution is 2.16. The molecule has 1 N–H and O–H groups in total. The maximum atomic E-state index is 4.56. The highest BCUT2D eigenvalue weighted by Gasteiger charge is 2.12. The summed E-state index contributed by atoms with van der Waals surface area (Å²) in [5, 5.41) is 8.06. The van der Waals surface area contributed by atoms with Gasteiger partial charge in [-0.1, -0.05) is 27.2 Å². The summed E-state index contributed by atoms with van der Waals surface area (Å²) in [4.78, 5) is 4.45. The van der Waals surface area contributed by atoms with Crippen LogP contribution in [0.5, 0.6) is 0 Å². The summed E-state index contributed by atoms with van der Waals surface area (Å²) in [6.07, 6.45) is 5.95. The average Bonchev–Trinajstić information content (AvgIpc) is 2.82. The Bertz CT molecular complexity index is 572. The van der Waals surface area contributed by atoms with Crippen molar-refractivity contribution in [3.8, 4) is 5.82 Å². The van der Waals surface area contributed by atoms with Gasteiger partial charge in [-0.25, -0.2) is 9.67 Å². The first-order chi connectivity index (χ1) is 10.1. The molecule has 0 amide bonds. The fraction of sp³-hybridized carbons (Fsp3) is 0.529. The highest BCUT2D eigenvalue weighted by molar-refractivity contribution is 5.31. The smallest absolute Gasteiger partial charge is 0.153 e. The number of nitrogens with one attached hydrogen (secondary N) is 1. The van der Waals surface area contributed by atoms with E-state index in [1.165, 1.54) is 16.8 Å². The van der Waals surface area contributed by atoms with Crippen molar-refractivity contribution in [3.63, 3.8) is 0 Å². The van der Waals surface area contributed by atoms with Crippen LogP contribution < -0.4 is 5.32 Å². The zero-order valence-corrected chi connectivity index (χ0v) is 13.6. The molecule has 0 aliphatic rings. The maximum absolute atomic E-state index is 4.56. The molecule has 2 aromatic heterocycles. The Morgan fingerprint density at radius 3 is 2.81 bits per heavy atom. The van der Waals surface area contributed by atoms with Gasteiger partial charge in [-0.2, -0.15) is 5.10 Å². The minimum atomic E-state index is 0.660. The average molecular weight is 286 g/mol. The van der Waals surface area contributed by atoms with E-state index in [9.17, 15) is 0 Å². The van der Waals surface area contributed by atoms with Crippen molar-refractivity contribution in [3.05, 3.63) is 41.3 Å². The molecule has 0 spiro atoms. The summed E-state index contributed by atoms with van der Waals surface area (Å²) in [6.45, 7) is 10.6. The summed E-state index contributed by atoms with van der Waals surface area (Å²) in [5.41, 5.74) is 3.75. The van der Waals surface area contributed by atoms with Crippen molar-refractivity contribution < 1.29 is 0 Å². The van der Waals surface area contributed by atoms with Crippen LogP contribution in [-0.4, -0.2) is 21.3 Å². The van der Waals surface area contributed by atoms with E-state index in [-0.39, 0.29) is 0 Å². The van der Waals surface area contributed by atoms with Crippen LogP contribution in [0.1, 0.15) is 44.0 Å². The van der Waals surface area contributed by atoms with Crippen LogP contribution in [0.4, 0.5) is 0 Å². The van der Waals surface area contributed by atoms with Crippen LogP contribution in [0, 0.1) is 12.8 Å². The van der Waals surface area contributed by atoms with Crippen LogP contribution in [0.25, 0.3) is 5.82 Å². The second kappa shape index (κ2) is 7.36. The Hall–Kier alpha value is -1.68. The van der Waals surface area contributed by atoms with Gasteiger partial charge in [-0.05, 0) is 43.5 Å². The predicted molar refractivity (Wildman–Crippen MR) is 86.6 cm³/mol. The molecule has 114 valence electrons. The minimum absolute atomic E-state index is 0.660. The zero-order valence-electron chi connectivity index (χ0n) is 13.6. The van der Waals surface area contributed by atoms with Gasteiger partial charge in [0.2, 0.25) is 0 Å². The lowest BCUT2D eigenvalue weighted by atomic mass is 10.1. The Morgan fingerprint density at radius 1 is 1.33 bits per heavy atom. The molecule has 0 aliphatic heterocycles. The SMILES string of the molecule is CCCc1c(CNCC(C)C)cnn1-c1cc(C)ccn1. The molecular weight excluding hydrogens is 260 g/mol. The van der Waals surface area contributed by atoms with E-state index in [0.29, 0.717) is 5.92 Å². The summed E-state index contributed by atoms with van der Waals surface area (Å²) in [6, 6.07) is 4.09. The zero-order chi connectivity index (χ0) is 15.2. The molecule has 0 radical (unpaired) electrons. The van der Waals surface area contributed by atoms with E-state index in [2.05, 4.69) is 49.2 Å². The topological polar surface area (TPSA) is 42.7 Å². The van der Waals surface area contributed by atoms with Crippen LogP contribution in [0.2, 0.25) is 0 Å². The number of nitrogens with zero attached hydrogens (tertiary/aromatic N) is 3. The third kappa shape index (κ3) is 4.14. The highest BCUT2D eigenvalue weighted by atomic mass is 15.3. The van der Waals surface area contributed by atoms with Gasteiger partial charge in [-0.15, -0.1) is 0 Å². The van der Waals surface area contributed by atoms with Gasteiger partial charge in [0.05, 0.1) is 11.9 Å². The molecule has 0 bridgehead atoms. The molecule has 0 aromatic carbocycles. The van der Waals surface area contributed by atoms with Crippen molar-refractivity contribution in [1.82, 2.24) is 20.1 Å². The lowest BCUT2D eigenvalue weighted by molar-refractivity contribution is 0.550. The Morgan fingerprint density at radius 2 is 2.14 bits per heavy atom. The van der Waals surface area contributed by atoms with E-state index in [0.717, 1.165) is 31.7 Å². The van der Waals surface area contributed by atoms with Gasteiger partial charge in [0.15, 0.2) is 5.82 Å². The van der Waals surface area contributed by atoms with Crippen LogP contribution in [0.3, 0.4) is 0 Å². The van der Waals surface area contributed by atoms with Crippen molar-refractivity contribution >= 4 is 0 Å². The predicted octanol–water partition coefficient (Wildman–Crippen LogP) is 3.27. The van der Waals surface area contributed by atoms with E-state index in [1.54, 1.807) is 0 Å². The van der Waals surface area contributed by atoms with Crippen molar-refractivity contribution in [1.29, 1.82) is 0 Å². The van der Waals surface area contributed by atoms with Gasteiger partial charge in [0.25, 0.3) is 0 Å². The van der Waals surface area contributed by atoms with Crippen LogP contribution in [0.15, 0.2) is 24.5 Å². The molecular formula is C17H26N4. The number of hydrogen-bond donors (Lipinski definition) is 1. The van der Waals surface area contributed by atoms with E-state index in [1.807, 2.05) is 23.1 Å². The monoisotopic (exact) mass is 286 g/mol. The Kier molecular flexibility index (Phi) is 5.51.